The lowest BCUT2D eigenvalue weighted by molar-refractivity contribution is -0.143. The van der Waals surface area contributed by atoms with E-state index < -0.39 is 0 Å². The maximum atomic E-state index is 11.5. The predicted octanol–water partition coefficient (Wildman–Crippen LogP) is 3.66. The van der Waals surface area contributed by atoms with E-state index in [1.54, 1.807) is 14.2 Å². The first-order valence-electron chi connectivity index (χ1n) is 7.40. The van der Waals surface area contributed by atoms with E-state index >= 15 is 0 Å². The Kier molecular flexibility index (Phi) is 5.26. The van der Waals surface area contributed by atoms with E-state index in [1.807, 2.05) is 26.0 Å². The molecule has 0 spiro atoms. The first-order chi connectivity index (χ1) is 10.6. The fourth-order valence-corrected chi connectivity index (χ4v) is 2.62. The van der Waals surface area contributed by atoms with E-state index in [1.165, 1.54) is 0 Å². The molecule has 2 rings (SSSR count). The summed E-state index contributed by atoms with van der Waals surface area (Å²) in [4.78, 5) is 11.5. The number of benzene rings is 2. The zero-order valence-corrected chi connectivity index (χ0v) is 13.6. The standard InChI is InChI=1S/C18H22O4/c1-5-22-16(19)9-7-13-6-8-14-10-12(2)17(20-3)18(21-4)15(14)11-13/h6,8,10-11H,5,7,9H2,1-4H3. The number of aryl methyl sites for hydroxylation is 2. The molecular weight excluding hydrogens is 280 g/mol. The van der Waals surface area contributed by atoms with Crippen LogP contribution in [0.2, 0.25) is 0 Å². The second-order valence-corrected chi connectivity index (χ2v) is 5.12. The fourth-order valence-electron chi connectivity index (χ4n) is 2.62. The van der Waals surface area contributed by atoms with E-state index in [2.05, 4.69) is 12.1 Å². The molecular formula is C18H22O4. The normalized spacial score (nSPS) is 10.5. The average molecular weight is 302 g/mol. The molecule has 0 saturated heterocycles. The Morgan fingerprint density at radius 1 is 1.09 bits per heavy atom. The van der Waals surface area contributed by atoms with Crippen LogP contribution in [0, 0.1) is 6.92 Å². The van der Waals surface area contributed by atoms with Gasteiger partial charge in [-0.25, -0.2) is 0 Å². The van der Waals surface area contributed by atoms with Crippen molar-refractivity contribution in [3.8, 4) is 11.5 Å². The highest BCUT2D eigenvalue weighted by molar-refractivity contribution is 5.92. The molecule has 0 amide bonds. The van der Waals surface area contributed by atoms with Gasteiger partial charge in [0.15, 0.2) is 11.5 Å². The van der Waals surface area contributed by atoms with Gasteiger partial charge >= 0.3 is 5.97 Å². The van der Waals surface area contributed by atoms with Crippen LogP contribution in [0.4, 0.5) is 0 Å². The summed E-state index contributed by atoms with van der Waals surface area (Å²) in [5.41, 5.74) is 2.11. The Bertz CT molecular complexity index is 676. The Hall–Kier alpha value is -2.23. The summed E-state index contributed by atoms with van der Waals surface area (Å²) in [5.74, 6) is 1.31. The third-order valence-electron chi connectivity index (χ3n) is 3.63. The first-order valence-corrected chi connectivity index (χ1v) is 7.40. The van der Waals surface area contributed by atoms with E-state index in [0.717, 1.165) is 33.4 Å². The fraction of sp³-hybridized carbons (Fsp3) is 0.389. The SMILES string of the molecule is CCOC(=O)CCc1ccc2cc(C)c(OC)c(OC)c2c1. The topological polar surface area (TPSA) is 44.8 Å². The first kappa shape index (κ1) is 16.1. The van der Waals surface area contributed by atoms with Gasteiger partial charge in [-0.05, 0) is 48.9 Å². The molecule has 118 valence electrons. The third-order valence-corrected chi connectivity index (χ3v) is 3.63. The molecule has 0 aliphatic heterocycles. The molecule has 2 aromatic carbocycles. The summed E-state index contributed by atoms with van der Waals surface area (Å²) < 4.78 is 15.9. The summed E-state index contributed by atoms with van der Waals surface area (Å²) >= 11 is 0. The summed E-state index contributed by atoms with van der Waals surface area (Å²) in [7, 11) is 3.28. The van der Waals surface area contributed by atoms with Gasteiger partial charge in [-0.15, -0.1) is 0 Å². The van der Waals surface area contributed by atoms with Crippen LogP contribution in [0.25, 0.3) is 10.8 Å². The number of hydrogen-bond donors (Lipinski definition) is 0. The second kappa shape index (κ2) is 7.16. The molecule has 0 aliphatic carbocycles. The number of esters is 1. The Morgan fingerprint density at radius 3 is 2.45 bits per heavy atom. The van der Waals surface area contributed by atoms with Crippen molar-refractivity contribution >= 4 is 16.7 Å². The zero-order chi connectivity index (χ0) is 16.1. The Morgan fingerprint density at radius 2 is 1.82 bits per heavy atom. The summed E-state index contributed by atoms with van der Waals surface area (Å²) in [6.45, 7) is 4.23. The largest absolute Gasteiger partial charge is 0.493 e. The van der Waals surface area contributed by atoms with Gasteiger partial charge < -0.3 is 14.2 Å². The zero-order valence-electron chi connectivity index (χ0n) is 13.6. The maximum absolute atomic E-state index is 11.5. The number of ether oxygens (including phenoxy) is 3. The van der Waals surface area contributed by atoms with Gasteiger partial charge in [0, 0.05) is 11.8 Å². The highest BCUT2D eigenvalue weighted by Crippen LogP contribution is 2.38. The second-order valence-electron chi connectivity index (χ2n) is 5.12. The van der Waals surface area contributed by atoms with Crippen molar-refractivity contribution in [2.75, 3.05) is 20.8 Å². The quantitative estimate of drug-likeness (QED) is 0.764. The number of rotatable bonds is 6. The van der Waals surface area contributed by atoms with Crippen LogP contribution in [0.5, 0.6) is 11.5 Å². The molecule has 0 aliphatic rings. The van der Waals surface area contributed by atoms with Crippen molar-refractivity contribution in [1.82, 2.24) is 0 Å². The lowest BCUT2D eigenvalue weighted by Crippen LogP contribution is -2.05. The van der Waals surface area contributed by atoms with Crippen LogP contribution in [0.1, 0.15) is 24.5 Å². The van der Waals surface area contributed by atoms with E-state index in [9.17, 15) is 4.79 Å². The minimum absolute atomic E-state index is 0.170. The third kappa shape index (κ3) is 3.32. The van der Waals surface area contributed by atoms with Crippen LogP contribution < -0.4 is 9.47 Å². The van der Waals surface area contributed by atoms with E-state index in [-0.39, 0.29) is 5.97 Å². The number of fused-ring (bicyclic) bond motifs is 1. The van der Waals surface area contributed by atoms with Gasteiger partial charge in [-0.2, -0.15) is 0 Å². The minimum atomic E-state index is -0.170. The smallest absolute Gasteiger partial charge is 0.306 e. The highest BCUT2D eigenvalue weighted by atomic mass is 16.5. The summed E-state index contributed by atoms with van der Waals surface area (Å²) in [6, 6.07) is 8.21. The molecule has 0 unspecified atom stereocenters. The number of hydrogen-bond acceptors (Lipinski definition) is 4. The van der Waals surface area contributed by atoms with Gasteiger partial charge in [0.1, 0.15) is 0 Å². The monoisotopic (exact) mass is 302 g/mol. The van der Waals surface area contributed by atoms with Crippen molar-refractivity contribution < 1.29 is 19.0 Å². The van der Waals surface area contributed by atoms with E-state index in [0.29, 0.717) is 19.4 Å². The molecule has 0 aromatic heterocycles. The molecule has 2 aromatic rings. The van der Waals surface area contributed by atoms with E-state index in [4.69, 9.17) is 14.2 Å². The van der Waals surface area contributed by atoms with Crippen LogP contribution in [-0.2, 0) is 16.0 Å². The summed E-state index contributed by atoms with van der Waals surface area (Å²) in [5, 5.41) is 2.08. The molecule has 0 radical (unpaired) electrons. The van der Waals surface area contributed by atoms with Crippen molar-refractivity contribution in [2.45, 2.75) is 26.7 Å². The number of methoxy groups -OCH3 is 2. The molecule has 0 N–H and O–H groups in total. The molecule has 0 fully saturated rings. The molecule has 0 atom stereocenters. The van der Waals surface area contributed by atoms with Gasteiger partial charge in [0.25, 0.3) is 0 Å². The maximum Gasteiger partial charge on any atom is 0.306 e. The van der Waals surface area contributed by atoms with Gasteiger partial charge in [0.05, 0.1) is 20.8 Å². The lowest BCUT2D eigenvalue weighted by Gasteiger charge is -2.14. The Balaban J connectivity index is 2.36. The predicted molar refractivity (Wildman–Crippen MR) is 86.7 cm³/mol. The van der Waals surface area contributed by atoms with Crippen molar-refractivity contribution in [1.29, 1.82) is 0 Å². The van der Waals surface area contributed by atoms with Gasteiger partial charge in [0.2, 0.25) is 0 Å². The van der Waals surface area contributed by atoms with Crippen molar-refractivity contribution in [2.24, 2.45) is 0 Å². The number of carbonyl (C=O) groups excluding carboxylic acids is 1. The summed E-state index contributed by atoms with van der Waals surface area (Å²) in [6.07, 6.45) is 1.03. The molecule has 4 heteroatoms. The molecule has 0 heterocycles. The lowest BCUT2D eigenvalue weighted by atomic mass is 10.0. The van der Waals surface area contributed by atoms with Crippen LogP contribution in [-0.4, -0.2) is 26.8 Å². The average Bonchev–Trinajstić information content (AvgIpc) is 2.51. The minimum Gasteiger partial charge on any atom is -0.493 e. The molecule has 0 saturated carbocycles. The molecule has 0 bridgehead atoms. The van der Waals surface area contributed by atoms with Gasteiger partial charge in [-0.1, -0.05) is 12.1 Å². The van der Waals surface area contributed by atoms with Crippen molar-refractivity contribution in [3.05, 3.63) is 35.4 Å². The van der Waals surface area contributed by atoms with Crippen LogP contribution in [0.15, 0.2) is 24.3 Å². The van der Waals surface area contributed by atoms with Crippen LogP contribution in [0.3, 0.4) is 0 Å². The van der Waals surface area contributed by atoms with Crippen molar-refractivity contribution in [3.63, 3.8) is 0 Å². The van der Waals surface area contributed by atoms with Crippen LogP contribution >= 0.6 is 0 Å². The van der Waals surface area contributed by atoms with Gasteiger partial charge in [-0.3, -0.25) is 4.79 Å². The molecule has 22 heavy (non-hydrogen) atoms. The molecule has 4 nitrogen and oxygen atoms in total. The highest BCUT2D eigenvalue weighted by Gasteiger charge is 2.13. The number of carbonyl (C=O) groups is 1. The Labute approximate surface area is 131 Å².